The fourth-order valence-corrected chi connectivity index (χ4v) is 6.74. The number of hydrogen-bond acceptors (Lipinski definition) is 8. The van der Waals surface area contributed by atoms with Gasteiger partial charge in [0.25, 0.3) is 0 Å². The summed E-state index contributed by atoms with van der Waals surface area (Å²) >= 11 is 0. The maximum absolute atomic E-state index is 14.0. The van der Waals surface area contributed by atoms with Crippen LogP contribution in [0.15, 0.2) is 42.7 Å². The molecule has 3 atom stereocenters. The monoisotopic (exact) mass is 610 g/mol. The molecule has 0 radical (unpaired) electrons. The minimum absolute atomic E-state index is 0.0131. The molecule has 1 aromatic carbocycles. The van der Waals surface area contributed by atoms with E-state index >= 15 is 0 Å². The molecule has 230 valence electrons. The SMILES string of the molecule is Cn1nnc2cc(CNC(=O)C3CC(Cc4ccncc4)CN3C(=O)C(CCC(=O)N3CCCC3)NS(C)(=O)=O)ccc21. The van der Waals surface area contributed by atoms with Crippen LogP contribution in [-0.2, 0) is 44.4 Å². The molecule has 2 aliphatic heterocycles. The fourth-order valence-electron chi connectivity index (χ4n) is 6.00. The lowest BCUT2D eigenvalue weighted by atomic mass is 9.97. The number of pyridine rings is 1. The topological polar surface area (TPSA) is 159 Å². The zero-order valence-corrected chi connectivity index (χ0v) is 25.3. The number of rotatable bonds is 11. The Bertz CT molecular complexity index is 1570. The van der Waals surface area contributed by atoms with Gasteiger partial charge in [0.2, 0.25) is 27.7 Å². The van der Waals surface area contributed by atoms with E-state index < -0.39 is 28.0 Å². The van der Waals surface area contributed by atoms with Crippen LogP contribution in [0.1, 0.15) is 43.2 Å². The lowest BCUT2D eigenvalue weighted by molar-refractivity contribution is -0.140. The van der Waals surface area contributed by atoms with Gasteiger partial charge in [-0.1, -0.05) is 11.3 Å². The molecule has 0 saturated carbocycles. The number of sulfonamides is 1. The summed E-state index contributed by atoms with van der Waals surface area (Å²) < 4.78 is 28.6. The number of hydrogen-bond donors (Lipinski definition) is 2. The van der Waals surface area contributed by atoms with Crippen molar-refractivity contribution in [2.45, 2.75) is 57.2 Å². The van der Waals surface area contributed by atoms with E-state index in [9.17, 15) is 22.8 Å². The number of benzene rings is 1. The molecule has 3 amide bonds. The number of aromatic nitrogens is 4. The molecule has 2 fully saturated rings. The molecule has 2 aromatic heterocycles. The van der Waals surface area contributed by atoms with E-state index in [1.54, 1.807) is 29.0 Å². The third kappa shape index (κ3) is 7.73. The van der Waals surface area contributed by atoms with Gasteiger partial charge < -0.3 is 15.1 Å². The van der Waals surface area contributed by atoms with Gasteiger partial charge in [0.15, 0.2) is 0 Å². The number of carbonyl (C=O) groups excluding carboxylic acids is 3. The Balaban J connectivity index is 1.32. The van der Waals surface area contributed by atoms with E-state index in [4.69, 9.17) is 0 Å². The van der Waals surface area contributed by atoms with Crippen molar-refractivity contribution in [2.24, 2.45) is 13.0 Å². The second-order valence-corrected chi connectivity index (χ2v) is 13.3. The molecular formula is C29H38N8O5S. The number of fused-ring (bicyclic) bond motifs is 1. The molecule has 0 aliphatic carbocycles. The number of nitrogens with one attached hydrogen (secondary N) is 2. The van der Waals surface area contributed by atoms with Gasteiger partial charge in [-0.25, -0.2) is 17.8 Å². The Morgan fingerprint density at radius 3 is 2.53 bits per heavy atom. The third-order valence-corrected chi connectivity index (χ3v) is 8.86. The Hall–Kier alpha value is -3.91. The third-order valence-electron chi connectivity index (χ3n) is 8.15. The summed E-state index contributed by atoms with van der Waals surface area (Å²) in [5.74, 6) is -0.950. The van der Waals surface area contributed by atoms with Gasteiger partial charge in [-0.15, -0.1) is 5.10 Å². The van der Waals surface area contributed by atoms with Crippen molar-refractivity contribution in [3.8, 4) is 0 Å². The quantitative estimate of drug-likeness (QED) is 0.322. The van der Waals surface area contributed by atoms with Gasteiger partial charge in [0, 0.05) is 52.0 Å². The average Bonchev–Trinajstić information content (AvgIpc) is 3.74. The van der Waals surface area contributed by atoms with Gasteiger partial charge in [-0.2, -0.15) is 0 Å². The van der Waals surface area contributed by atoms with Crippen molar-refractivity contribution >= 4 is 38.8 Å². The highest BCUT2D eigenvalue weighted by Crippen LogP contribution is 2.28. The van der Waals surface area contributed by atoms with Crippen molar-refractivity contribution in [1.29, 1.82) is 0 Å². The summed E-state index contributed by atoms with van der Waals surface area (Å²) in [5.41, 5.74) is 3.45. The lowest BCUT2D eigenvalue weighted by Gasteiger charge is -2.29. The Labute approximate surface area is 251 Å². The van der Waals surface area contributed by atoms with Crippen LogP contribution in [0.3, 0.4) is 0 Å². The van der Waals surface area contributed by atoms with E-state index in [0.717, 1.165) is 35.7 Å². The first kappa shape index (κ1) is 30.5. The predicted molar refractivity (Wildman–Crippen MR) is 159 cm³/mol. The summed E-state index contributed by atoms with van der Waals surface area (Å²) in [6, 6.07) is 7.49. The second-order valence-electron chi connectivity index (χ2n) is 11.5. The first-order valence-corrected chi connectivity index (χ1v) is 16.5. The minimum Gasteiger partial charge on any atom is -0.350 e. The van der Waals surface area contributed by atoms with E-state index in [1.807, 2.05) is 30.3 Å². The van der Waals surface area contributed by atoms with Crippen LogP contribution in [0.5, 0.6) is 0 Å². The molecule has 14 heteroatoms. The van der Waals surface area contributed by atoms with E-state index in [2.05, 4.69) is 25.3 Å². The van der Waals surface area contributed by atoms with Gasteiger partial charge in [-0.3, -0.25) is 19.4 Å². The Morgan fingerprint density at radius 1 is 1.07 bits per heavy atom. The first-order valence-electron chi connectivity index (χ1n) is 14.6. The molecule has 13 nitrogen and oxygen atoms in total. The number of likely N-dealkylation sites (tertiary alicyclic amines) is 2. The molecule has 4 heterocycles. The molecule has 0 spiro atoms. The van der Waals surface area contributed by atoms with Crippen molar-refractivity contribution in [1.82, 2.24) is 39.8 Å². The van der Waals surface area contributed by atoms with Crippen LogP contribution in [-0.4, -0.2) is 93.9 Å². The van der Waals surface area contributed by atoms with Crippen LogP contribution < -0.4 is 10.0 Å². The van der Waals surface area contributed by atoms with Crippen LogP contribution in [0, 0.1) is 5.92 Å². The highest BCUT2D eigenvalue weighted by atomic mass is 32.2. The smallest absolute Gasteiger partial charge is 0.243 e. The molecule has 2 N–H and O–H groups in total. The molecule has 43 heavy (non-hydrogen) atoms. The predicted octanol–water partition coefficient (Wildman–Crippen LogP) is 0.760. The highest BCUT2D eigenvalue weighted by Gasteiger charge is 2.42. The average molecular weight is 611 g/mol. The maximum atomic E-state index is 14.0. The lowest BCUT2D eigenvalue weighted by Crippen LogP contribution is -2.53. The molecular weight excluding hydrogens is 572 g/mol. The van der Waals surface area contributed by atoms with Gasteiger partial charge in [0.1, 0.15) is 17.6 Å². The van der Waals surface area contributed by atoms with Gasteiger partial charge in [-0.05, 0) is 73.4 Å². The Morgan fingerprint density at radius 2 is 1.81 bits per heavy atom. The summed E-state index contributed by atoms with van der Waals surface area (Å²) in [5, 5.41) is 11.1. The molecule has 2 saturated heterocycles. The Kier molecular flexibility index (Phi) is 9.35. The van der Waals surface area contributed by atoms with Gasteiger partial charge >= 0.3 is 0 Å². The van der Waals surface area contributed by atoms with Crippen LogP contribution in [0.2, 0.25) is 0 Å². The van der Waals surface area contributed by atoms with E-state index in [0.29, 0.717) is 31.4 Å². The summed E-state index contributed by atoms with van der Waals surface area (Å²) in [6.45, 7) is 1.86. The first-order chi connectivity index (χ1) is 20.6. The van der Waals surface area contributed by atoms with Crippen molar-refractivity contribution < 1.29 is 22.8 Å². The molecule has 5 rings (SSSR count). The zero-order chi connectivity index (χ0) is 30.6. The largest absolute Gasteiger partial charge is 0.350 e. The highest BCUT2D eigenvalue weighted by molar-refractivity contribution is 7.88. The summed E-state index contributed by atoms with van der Waals surface area (Å²) in [4.78, 5) is 47.6. The van der Waals surface area contributed by atoms with Crippen molar-refractivity contribution in [2.75, 3.05) is 25.9 Å². The van der Waals surface area contributed by atoms with Crippen molar-refractivity contribution in [3.05, 3.63) is 53.9 Å². The molecule has 0 bridgehead atoms. The number of aryl methyl sites for hydroxylation is 1. The van der Waals surface area contributed by atoms with Crippen LogP contribution in [0.4, 0.5) is 0 Å². The van der Waals surface area contributed by atoms with Crippen molar-refractivity contribution in [3.63, 3.8) is 0 Å². The maximum Gasteiger partial charge on any atom is 0.243 e. The zero-order valence-electron chi connectivity index (χ0n) is 24.5. The summed E-state index contributed by atoms with van der Waals surface area (Å²) in [6.07, 6.45) is 7.37. The second kappa shape index (κ2) is 13.2. The summed E-state index contributed by atoms with van der Waals surface area (Å²) in [7, 11) is -1.97. The normalized spacial score (nSPS) is 19.6. The number of carbonyl (C=O) groups is 3. The standard InChI is InChI=1S/C29H38N8O5S/c1-35-25-7-5-21(16-24(25)32-34-35)18-31-28(39)26-17-22(15-20-9-11-30-12-10-20)19-37(26)29(40)23(33-43(2,41)42)6-8-27(38)36-13-3-4-14-36/h5,7,9-12,16,22-23,26,33H,3-4,6,8,13-15,17-19H2,1-2H3,(H,31,39). The fraction of sp³-hybridized carbons (Fsp3) is 0.517. The molecule has 3 aromatic rings. The van der Waals surface area contributed by atoms with Crippen LogP contribution >= 0.6 is 0 Å². The van der Waals surface area contributed by atoms with E-state index in [1.165, 1.54) is 4.90 Å². The number of nitrogens with zero attached hydrogens (tertiary/aromatic N) is 6. The molecule has 2 aliphatic rings. The van der Waals surface area contributed by atoms with Crippen LogP contribution in [0.25, 0.3) is 11.0 Å². The molecule has 3 unspecified atom stereocenters. The van der Waals surface area contributed by atoms with E-state index in [-0.39, 0.29) is 43.7 Å². The minimum atomic E-state index is -3.77. The number of amides is 3. The van der Waals surface area contributed by atoms with Gasteiger partial charge in [0.05, 0.1) is 11.8 Å².